The summed E-state index contributed by atoms with van der Waals surface area (Å²) in [5.74, 6) is 1.02. The van der Waals surface area contributed by atoms with Crippen molar-refractivity contribution in [1.82, 2.24) is 23.7 Å². The summed E-state index contributed by atoms with van der Waals surface area (Å²) in [5, 5.41) is 0. The second kappa shape index (κ2) is 25.4. The van der Waals surface area contributed by atoms with Gasteiger partial charge >= 0.3 is 19.2 Å². The molecule has 2 aliphatic heterocycles. The van der Waals surface area contributed by atoms with Crippen LogP contribution in [-0.2, 0) is 23.8 Å². The van der Waals surface area contributed by atoms with Crippen molar-refractivity contribution in [2.75, 3.05) is 59.9 Å². The number of esters is 1. The highest BCUT2D eigenvalue weighted by atomic mass is 32.2. The summed E-state index contributed by atoms with van der Waals surface area (Å²) in [6.45, 7) is -2.66. The number of hydrogen-bond acceptors (Lipinski definition) is 16. The summed E-state index contributed by atoms with van der Waals surface area (Å²) in [7, 11) is -0.713. The summed E-state index contributed by atoms with van der Waals surface area (Å²) < 4.78 is 121. The third kappa shape index (κ3) is 15.0. The zero-order valence-corrected chi connectivity index (χ0v) is 44.2. The van der Waals surface area contributed by atoms with E-state index < -0.39 is 23.3 Å². The molecule has 0 unspecified atom stereocenters. The van der Waals surface area contributed by atoms with Gasteiger partial charge in [-0.25, -0.2) is 9.97 Å². The van der Waals surface area contributed by atoms with Crippen molar-refractivity contribution in [2.24, 2.45) is 11.8 Å². The summed E-state index contributed by atoms with van der Waals surface area (Å²) >= 11 is 0. The van der Waals surface area contributed by atoms with Gasteiger partial charge in [0, 0.05) is 81.0 Å². The van der Waals surface area contributed by atoms with Gasteiger partial charge in [-0.15, -0.1) is 0 Å². The molecule has 0 amide bonds. The highest BCUT2D eigenvalue weighted by Gasteiger charge is 2.42. The molecule has 6 aromatic rings. The Labute approximate surface area is 455 Å². The van der Waals surface area contributed by atoms with Crippen molar-refractivity contribution in [3.63, 3.8) is 0 Å². The van der Waals surface area contributed by atoms with Crippen LogP contribution in [0.5, 0.6) is 34.5 Å². The molecule has 18 nitrogen and oxygen atoms in total. The Balaban J connectivity index is 0.000000208. The molecule has 23 heteroatoms. The Hall–Kier alpha value is -6.98. The van der Waals surface area contributed by atoms with Crippen molar-refractivity contribution in [3.8, 4) is 57.0 Å². The molecular formula is C56H65F4N5O13S. The fourth-order valence-corrected chi connectivity index (χ4v) is 10.2. The maximum absolute atomic E-state index is 13.3. The average Bonchev–Trinajstić information content (AvgIpc) is 4.35. The molecule has 0 bridgehead atoms. The number of benzene rings is 2. The van der Waals surface area contributed by atoms with Gasteiger partial charge in [0.2, 0.25) is 0 Å². The number of Topliss-reactive ketones (excluding diaryl/α,β-unsaturated/α-hetero) is 2. The van der Waals surface area contributed by atoms with Gasteiger partial charge in [-0.1, -0.05) is 7.43 Å². The fourth-order valence-electron chi connectivity index (χ4n) is 9.78. The number of hydrogen-bond donors (Lipinski definition) is 0. The van der Waals surface area contributed by atoms with Gasteiger partial charge in [0.05, 0.1) is 64.1 Å². The number of alkyl halides is 4. The quantitative estimate of drug-likeness (QED) is 0.0172. The number of likely N-dealkylation sites (tertiary alicyclic amines) is 1. The molecule has 79 heavy (non-hydrogen) atoms. The van der Waals surface area contributed by atoms with Crippen LogP contribution in [0.4, 0.5) is 17.6 Å². The number of aromatic nitrogens is 4. The van der Waals surface area contributed by atoms with E-state index >= 15 is 0 Å². The molecule has 2 aromatic carbocycles. The van der Waals surface area contributed by atoms with E-state index in [1.807, 2.05) is 22.7 Å². The highest BCUT2D eigenvalue weighted by Crippen LogP contribution is 2.43. The van der Waals surface area contributed by atoms with Gasteiger partial charge in [0.25, 0.3) is 10.1 Å². The summed E-state index contributed by atoms with van der Waals surface area (Å²) in [4.78, 5) is 48.5. The summed E-state index contributed by atoms with van der Waals surface area (Å²) in [5.41, 5.74) is 3.18. The Bertz CT molecular complexity index is 3250. The normalized spacial score (nSPS) is 16.1. The molecule has 0 atom stereocenters. The van der Waals surface area contributed by atoms with E-state index in [9.17, 15) is 40.4 Å². The number of fused-ring (bicyclic) bond motifs is 2. The van der Waals surface area contributed by atoms with Crippen molar-refractivity contribution in [3.05, 3.63) is 84.4 Å². The van der Waals surface area contributed by atoms with Crippen LogP contribution in [0, 0.1) is 11.8 Å². The number of rotatable bonds is 25. The minimum atomic E-state index is -3.49. The second-order valence-corrected chi connectivity index (χ2v) is 21.5. The van der Waals surface area contributed by atoms with Gasteiger partial charge in [-0.3, -0.25) is 27.4 Å². The molecule has 0 N–H and O–H groups in total. The fraction of sp³-hybridized carbons (Fsp3) is 0.482. The van der Waals surface area contributed by atoms with Crippen LogP contribution < -0.4 is 28.4 Å². The average molecular weight is 1120 g/mol. The largest absolute Gasteiger partial charge is 0.496 e. The molecule has 6 heterocycles. The molecule has 4 aliphatic rings. The van der Waals surface area contributed by atoms with Crippen LogP contribution in [0.1, 0.15) is 105 Å². The van der Waals surface area contributed by atoms with Gasteiger partial charge in [0.1, 0.15) is 62.5 Å². The van der Waals surface area contributed by atoms with Gasteiger partial charge in [0.15, 0.2) is 11.6 Å². The topological polar surface area (TPSA) is 197 Å². The van der Waals surface area contributed by atoms with E-state index in [2.05, 4.69) is 19.1 Å². The van der Waals surface area contributed by atoms with E-state index in [4.69, 9.17) is 33.2 Å². The Morgan fingerprint density at radius 3 is 1.58 bits per heavy atom. The minimum absolute atomic E-state index is 0. The first kappa shape index (κ1) is 58.2. The smallest absolute Gasteiger partial charge is 0.387 e. The Morgan fingerprint density at radius 1 is 0.696 bits per heavy atom. The third-order valence-corrected chi connectivity index (χ3v) is 14.7. The first-order valence-electron chi connectivity index (χ1n) is 25.9. The molecule has 10 rings (SSSR count). The Kier molecular flexibility index (Phi) is 18.7. The Morgan fingerprint density at radius 2 is 1.16 bits per heavy atom. The lowest BCUT2D eigenvalue weighted by Crippen LogP contribution is -2.44. The number of ether oxygens (including phenoxy) is 7. The predicted octanol–water partition coefficient (Wildman–Crippen LogP) is 10.5. The van der Waals surface area contributed by atoms with Crippen molar-refractivity contribution in [2.45, 2.75) is 103 Å². The van der Waals surface area contributed by atoms with Crippen LogP contribution in [0.2, 0.25) is 0 Å². The maximum Gasteiger partial charge on any atom is 0.387 e. The first-order chi connectivity index (χ1) is 37.5. The minimum Gasteiger partial charge on any atom is -0.496 e. The molecule has 1 spiro atoms. The van der Waals surface area contributed by atoms with E-state index in [0.717, 1.165) is 77.3 Å². The molecule has 0 radical (unpaired) electrons. The van der Waals surface area contributed by atoms with Gasteiger partial charge in [-0.2, -0.15) is 26.0 Å². The van der Waals surface area contributed by atoms with Crippen LogP contribution in [0.25, 0.3) is 33.8 Å². The molecule has 4 fully saturated rings. The van der Waals surface area contributed by atoms with Crippen LogP contribution in [-0.4, -0.2) is 128 Å². The summed E-state index contributed by atoms with van der Waals surface area (Å²) in [6.07, 6.45) is 16.4. The highest BCUT2D eigenvalue weighted by molar-refractivity contribution is 7.85. The second-order valence-electron chi connectivity index (χ2n) is 19.9. The van der Waals surface area contributed by atoms with Crippen LogP contribution in [0.15, 0.2) is 73.3 Å². The number of methoxy groups -OCH3 is 2. The molecule has 4 aromatic heterocycles. The third-order valence-electron chi connectivity index (χ3n) is 14.1. The van der Waals surface area contributed by atoms with E-state index in [0.29, 0.717) is 64.8 Å². The zero-order chi connectivity index (χ0) is 55.1. The number of pyridine rings is 2. The lowest BCUT2D eigenvalue weighted by atomic mass is 9.88. The van der Waals surface area contributed by atoms with Crippen LogP contribution in [0.3, 0.4) is 0 Å². The summed E-state index contributed by atoms with van der Waals surface area (Å²) in [6, 6.07) is 13.1. The van der Waals surface area contributed by atoms with E-state index in [1.54, 1.807) is 47.3 Å². The predicted molar refractivity (Wildman–Crippen MR) is 282 cm³/mol. The standard InChI is InChI=1S/C31H35F2N3O6.C24H26F2N2O7S.CH4/c1-39-25-16-21(17-26(41-30(32)33)29(25)24(37)15-20-3-4-20)23-19-34-27-18-22(6-11-36(23)27)40-14-2-10-35-12-8-31(9-13-35)7-5-28(38)42-31;1-32-20-11-16(12-21(35-24(25)26)23(20)19(29)10-15-4-5-15)18-14-27-22-13-17(6-7-28(18)22)33-8-3-9-34-36(2,30)31;/h6,11,16-20,30H,2-5,7-10,12-15H2,1H3;6-7,11-15,24H,3-5,8-10H2,1-2H3;1H4. The maximum atomic E-state index is 13.3. The number of nitrogens with zero attached hydrogens (tertiary/aromatic N) is 5. The van der Waals surface area contributed by atoms with E-state index in [1.165, 1.54) is 26.4 Å². The number of carbonyl (C=O) groups excluding carboxylic acids is 3. The number of halogens is 4. The van der Waals surface area contributed by atoms with Crippen molar-refractivity contribution < 1.29 is 77.7 Å². The van der Waals surface area contributed by atoms with Crippen molar-refractivity contribution >= 4 is 38.9 Å². The molecule has 426 valence electrons. The van der Waals surface area contributed by atoms with Crippen molar-refractivity contribution in [1.29, 1.82) is 0 Å². The lowest BCUT2D eigenvalue weighted by molar-refractivity contribution is -0.151. The number of piperidine rings is 1. The van der Waals surface area contributed by atoms with Gasteiger partial charge < -0.3 is 38.1 Å². The molecule has 2 aliphatic carbocycles. The number of imidazole rings is 2. The van der Waals surface area contributed by atoms with E-state index in [-0.39, 0.29) is 103 Å². The lowest BCUT2D eigenvalue weighted by Gasteiger charge is -2.37. The van der Waals surface area contributed by atoms with Crippen LogP contribution >= 0.6 is 0 Å². The number of ketones is 2. The zero-order valence-electron chi connectivity index (χ0n) is 43.4. The monoisotopic (exact) mass is 1120 g/mol. The molecular weight excluding hydrogens is 1060 g/mol. The first-order valence-corrected chi connectivity index (χ1v) is 27.7. The molecule has 2 saturated heterocycles. The number of carbonyl (C=O) groups is 3. The SMILES string of the molecule is C.COc1cc(-c2cnc3cc(OCCCN4CCC5(CCC(=O)O5)CC4)ccn23)cc(OC(F)F)c1C(=O)CC1CC1.COc1cc(-c2cnc3cc(OCCCOS(C)(=O)=O)ccn23)cc(OC(F)F)c1C(=O)CC1CC1. The van der Waals surface area contributed by atoms with Gasteiger partial charge in [-0.05, 0) is 99.6 Å². The molecule has 2 saturated carbocycles.